The monoisotopic (exact) mass is 548 g/mol. The van der Waals surface area contributed by atoms with E-state index in [2.05, 4.69) is 115 Å². The molecule has 42 heavy (non-hydrogen) atoms. The molecule has 5 aliphatic rings. The van der Waals surface area contributed by atoms with Gasteiger partial charge in [0.05, 0.1) is 5.54 Å². The maximum atomic E-state index is 6.88. The van der Waals surface area contributed by atoms with Crippen molar-refractivity contribution in [1.82, 2.24) is 0 Å². The zero-order chi connectivity index (χ0) is 28.1. The molecule has 4 heteroatoms. The minimum absolute atomic E-state index is 0.0673. The van der Waals surface area contributed by atoms with E-state index in [4.69, 9.17) is 4.74 Å². The van der Waals surface area contributed by atoms with Crippen LogP contribution in [0.25, 0.3) is 0 Å². The Kier molecular flexibility index (Phi) is 5.17. The molecule has 0 aromatic heterocycles. The van der Waals surface area contributed by atoms with Crippen molar-refractivity contribution in [2.75, 3.05) is 9.80 Å². The van der Waals surface area contributed by atoms with Gasteiger partial charge in [0.25, 0.3) is 6.71 Å². The van der Waals surface area contributed by atoms with Crippen LogP contribution in [0.5, 0.6) is 11.5 Å². The van der Waals surface area contributed by atoms with Crippen molar-refractivity contribution in [3.05, 3.63) is 102 Å². The van der Waals surface area contributed by atoms with E-state index in [0.717, 1.165) is 24.3 Å². The van der Waals surface area contributed by atoms with Crippen LogP contribution in [-0.2, 0) is 5.41 Å². The van der Waals surface area contributed by atoms with Crippen LogP contribution in [0.3, 0.4) is 0 Å². The Morgan fingerprint density at radius 2 is 1.62 bits per heavy atom. The Balaban J connectivity index is 1.24. The number of rotatable bonds is 3. The number of benzene rings is 4. The average molecular weight is 549 g/mol. The van der Waals surface area contributed by atoms with Crippen LogP contribution in [0.1, 0.15) is 70.8 Å². The quantitative estimate of drug-likeness (QED) is 0.213. The number of para-hydroxylation sites is 2. The fourth-order valence-corrected chi connectivity index (χ4v) is 9.17. The summed E-state index contributed by atoms with van der Waals surface area (Å²) in [4.78, 5) is 5.19. The van der Waals surface area contributed by atoms with Crippen LogP contribution in [0.2, 0.25) is 0 Å². The lowest BCUT2D eigenvalue weighted by atomic mass is 9.34. The molecule has 2 unspecified atom stereocenters. The van der Waals surface area contributed by atoms with Gasteiger partial charge in [-0.2, -0.15) is 0 Å². The number of nitrogens with zero attached hydrogens (tertiary/aromatic N) is 2. The molecule has 4 aromatic carbocycles. The second-order valence-corrected chi connectivity index (χ2v) is 13.5. The third-order valence-electron chi connectivity index (χ3n) is 11.4. The normalized spacial score (nSPS) is 24.6. The van der Waals surface area contributed by atoms with E-state index in [1.54, 1.807) is 5.56 Å². The Labute approximate surface area is 249 Å². The summed E-state index contributed by atoms with van der Waals surface area (Å²) in [5.74, 6) is 1.99. The first-order valence-electron chi connectivity index (χ1n) is 16.0. The van der Waals surface area contributed by atoms with E-state index in [1.807, 2.05) is 0 Å². The first kappa shape index (κ1) is 24.7. The molecule has 0 bridgehead atoms. The van der Waals surface area contributed by atoms with Gasteiger partial charge in [-0.25, -0.2) is 0 Å². The minimum Gasteiger partial charge on any atom is -0.458 e. The fraction of sp³-hybridized carbons (Fsp3) is 0.316. The summed E-state index contributed by atoms with van der Waals surface area (Å²) >= 11 is 0. The molecular formula is C38H37BN2O. The van der Waals surface area contributed by atoms with E-state index >= 15 is 0 Å². The third kappa shape index (κ3) is 3.13. The van der Waals surface area contributed by atoms with Crippen LogP contribution in [0.15, 0.2) is 96.7 Å². The third-order valence-corrected chi connectivity index (χ3v) is 11.4. The lowest BCUT2D eigenvalue weighted by Crippen LogP contribution is -2.63. The molecule has 0 amide bonds. The zero-order valence-electron chi connectivity index (χ0n) is 24.7. The van der Waals surface area contributed by atoms with Gasteiger partial charge in [0.1, 0.15) is 11.5 Å². The van der Waals surface area contributed by atoms with E-state index in [9.17, 15) is 0 Å². The molecule has 9 rings (SSSR count). The Hall–Kier alpha value is -3.92. The van der Waals surface area contributed by atoms with Crippen molar-refractivity contribution in [2.45, 2.75) is 76.2 Å². The highest BCUT2D eigenvalue weighted by atomic mass is 16.5. The molecule has 2 atom stereocenters. The minimum atomic E-state index is 0.0673. The van der Waals surface area contributed by atoms with Crippen molar-refractivity contribution >= 4 is 45.9 Å². The second-order valence-electron chi connectivity index (χ2n) is 13.5. The predicted octanol–water partition coefficient (Wildman–Crippen LogP) is 7.96. The zero-order valence-corrected chi connectivity index (χ0v) is 24.7. The van der Waals surface area contributed by atoms with Gasteiger partial charge < -0.3 is 14.5 Å². The SMILES string of the molecule is CC12CCCCC1(C)N1c3cccc4c3B(c3ccc(N(C5=CCCCC5)c5ccccc5)cc3O4)c3cccc2c31. The van der Waals surface area contributed by atoms with Crippen LogP contribution in [0, 0.1) is 0 Å². The number of hydrogen-bond acceptors (Lipinski definition) is 3. The van der Waals surface area contributed by atoms with E-state index in [-0.39, 0.29) is 17.7 Å². The van der Waals surface area contributed by atoms with Gasteiger partial charge in [-0.05, 0) is 97.7 Å². The Bertz CT molecular complexity index is 1780. The highest BCUT2D eigenvalue weighted by molar-refractivity contribution is 6.99. The van der Waals surface area contributed by atoms with Gasteiger partial charge >= 0.3 is 0 Å². The Morgan fingerprint density at radius 3 is 2.48 bits per heavy atom. The van der Waals surface area contributed by atoms with Gasteiger partial charge in [0.2, 0.25) is 0 Å². The first-order chi connectivity index (χ1) is 20.6. The summed E-state index contributed by atoms with van der Waals surface area (Å²) in [6, 6.07) is 31.7. The summed E-state index contributed by atoms with van der Waals surface area (Å²) in [6.45, 7) is 5.23. The average Bonchev–Trinajstić information content (AvgIpc) is 3.24. The largest absolute Gasteiger partial charge is 0.458 e. The molecule has 4 aromatic rings. The van der Waals surface area contributed by atoms with Crippen molar-refractivity contribution in [1.29, 1.82) is 0 Å². The number of allylic oxidation sites excluding steroid dienone is 2. The number of hydrogen-bond donors (Lipinski definition) is 0. The lowest BCUT2D eigenvalue weighted by molar-refractivity contribution is 0.195. The molecule has 1 saturated carbocycles. The highest BCUT2D eigenvalue weighted by Gasteiger charge is 2.61. The summed E-state index contributed by atoms with van der Waals surface area (Å²) in [7, 11) is 0. The first-order valence-corrected chi connectivity index (χ1v) is 16.0. The Morgan fingerprint density at radius 1 is 0.762 bits per heavy atom. The molecule has 0 saturated heterocycles. The van der Waals surface area contributed by atoms with E-state index < -0.39 is 0 Å². The smallest absolute Gasteiger partial charge is 0.256 e. The molecule has 0 N–H and O–H groups in total. The highest BCUT2D eigenvalue weighted by Crippen LogP contribution is 2.61. The second kappa shape index (κ2) is 8.80. The number of anilines is 4. The van der Waals surface area contributed by atoms with Crippen molar-refractivity contribution in [3.63, 3.8) is 0 Å². The molecule has 1 fully saturated rings. The molecule has 3 aliphatic heterocycles. The summed E-state index contributed by atoms with van der Waals surface area (Å²) in [6.07, 6.45) is 12.3. The number of ether oxygens (including phenoxy) is 1. The predicted molar refractivity (Wildman–Crippen MR) is 176 cm³/mol. The van der Waals surface area contributed by atoms with Crippen LogP contribution in [-0.4, -0.2) is 12.3 Å². The van der Waals surface area contributed by atoms with Crippen molar-refractivity contribution in [3.8, 4) is 11.5 Å². The molecule has 0 spiro atoms. The van der Waals surface area contributed by atoms with Gasteiger partial charge in [-0.1, -0.05) is 74.4 Å². The molecular weight excluding hydrogens is 511 g/mol. The van der Waals surface area contributed by atoms with Crippen molar-refractivity contribution in [2.24, 2.45) is 0 Å². The van der Waals surface area contributed by atoms with Gasteiger partial charge in [-0.3, -0.25) is 0 Å². The van der Waals surface area contributed by atoms with Gasteiger partial charge in [-0.15, -0.1) is 0 Å². The maximum absolute atomic E-state index is 6.88. The molecule has 208 valence electrons. The molecule has 2 aliphatic carbocycles. The van der Waals surface area contributed by atoms with Gasteiger partial charge in [0, 0.05) is 39.9 Å². The number of fused-ring (bicyclic) bond motifs is 7. The van der Waals surface area contributed by atoms with Crippen molar-refractivity contribution < 1.29 is 4.74 Å². The van der Waals surface area contributed by atoms with Crippen LogP contribution < -0.4 is 30.9 Å². The molecule has 3 heterocycles. The fourth-order valence-electron chi connectivity index (χ4n) is 9.17. The topological polar surface area (TPSA) is 15.7 Å². The van der Waals surface area contributed by atoms with Gasteiger partial charge in [0.15, 0.2) is 0 Å². The van der Waals surface area contributed by atoms with E-state index in [1.165, 1.54) is 83.4 Å². The maximum Gasteiger partial charge on any atom is 0.256 e. The summed E-state index contributed by atoms with van der Waals surface area (Å²) in [5, 5.41) is 0. The van der Waals surface area contributed by atoms with Crippen LogP contribution in [0.4, 0.5) is 22.7 Å². The lowest BCUT2D eigenvalue weighted by Gasteiger charge is -2.52. The molecule has 0 radical (unpaired) electrons. The molecule has 3 nitrogen and oxygen atoms in total. The van der Waals surface area contributed by atoms with E-state index in [0.29, 0.717) is 0 Å². The summed E-state index contributed by atoms with van der Waals surface area (Å²) < 4.78 is 6.88. The van der Waals surface area contributed by atoms with Crippen LogP contribution >= 0.6 is 0 Å². The standard InChI is InChI=1S/C38H37BN2O/c1-37-23-9-10-24-38(37,2)41-32-19-12-20-33-35(32)39(31-18-11-17-29(37)36(31)41)30-22-21-28(25-34(30)42-33)40(26-13-5-3-6-14-26)27-15-7-4-8-16-27/h3,5-6,11-15,17-22,25H,4,7-10,16,23-24H2,1-2H3. The summed E-state index contributed by atoms with van der Waals surface area (Å²) in [5.41, 5.74) is 12.4.